The summed E-state index contributed by atoms with van der Waals surface area (Å²) in [5, 5.41) is 12.2. The lowest BCUT2D eigenvalue weighted by Gasteiger charge is -2.17. The van der Waals surface area contributed by atoms with Gasteiger partial charge < -0.3 is 9.84 Å². The summed E-state index contributed by atoms with van der Waals surface area (Å²) in [4.78, 5) is 4.53. The van der Waals surface area contributed by atoms with Crippen LogP contribution in [0.15, 0.2) is 72.9 Å². The van der Waals surface area contributed by atoms with E-state index in [1.54, 1.807) is 6.20 Å². The van der Waals surface area contributed by atoms with Gasteiger partial charge in [-0.3, -0.25) is 4.98 Å². The first-order valence-electron chi connectivity index (χ1n) is 9.53. The van der Waals surface area contributed by atoms with Crippen LogP contribution in [0.1, 0.15) is 33.9 Å². The smallest absolute Gasteiger partial charge is 0.122 e. The molecule has 1 heterocycles. The standard InChI is InChI=1S/C25H22ClNO2/c1-16-8-10-20(17(2)12-16)25(28)22-14-27-23-13-19(9-11-21(23)24(22)26)29-15-18-6-4-3-5-7-18/h3-14,25,28H,15H2,1-2H3. The van der Waals surface area contributed by atoms with E-state index in [-0.39, 0.29) is 0 Å². The highest BCUT2D eigenvalue weighted by molar-refractivity contribution is 6.36. The first kappa shape index (κ1) is 19.4. The number of pyridine rings is 1. The SMILES string of the molecule is Cc1ccc(C(O)c2cnc3cc(OCc4ccccc4)ccc3c2Cl)c(C)c1. The number of aliphatic hydroxyl groups is 1. The molecule has 1 unspecified atom stereocenters. The lowest BCUT2D eigenvalue weighted by molar-refractivity contribution is 0.219. The fourth-order valence-corrected chi connectivity index (χ4v) is 3.79. The molecule has 0 saturated heterocycles. The number of rotatable bonds is 5. The van der Waals surface area contributed by atoms with E-state index < -0.39 is 6.10 Å². The molecular weight excluding hydrogens is 382 g/mol. The Hall–Kier alpha value is -2.88. The van der Waals surface area contributed by atoms with Gasteiger partial charge in [0.1, 0.15) is 18.5 Å². The van der Waals surface area contributed by atoms with Crippen LogP contribution in [0.4, 0.5) is 0 Å². The topological polar surface area (TPSA) is 42.4 Å². The lowest BCUT2D eigenvalue weighted by Crippen LogP contribution is -2.04. The second kappa shape index (κ2) is 8.24. The van der Waals surface area contributed by atoms with Gasteiger partial charge in [0.05, 0.1) is 10.5 Å². The Kier molecular flexibility index (Phi) is 5.52. The average Bonchev–Trinajstić information content (AvgIpc) is 2.73. The van der Waals surface area contributed by atoms with Crippen LogP contribution < -0.4 is 4.74 Å². The lowest BCUT2D eigenvalue weighted by atomic mass is 9.96. The summed E-state index contributed by atoms with van der Waals surface area (Å²) in [6.45, 7) is 4.51. The molecule has 0 bridgehead atoms. The predicted molar refractivity (Wildman–Crippen MR) is 118 cm³/mol. The predicted octanol–water partition coefficient (Wildman–Crippen LogP) is 6.17. The van der Waals surface area contributed by atoms with Gasteiger partial charge in [-0.05, 0) is 42.7 Å². The van der Waals surface area contributed by atoms with Crippen molar-refractivity contribution in [2.24, 2.45) is 0 Å². The van der Waals surface area contributed by atoms with Gasteiger partial charge in [-0.1, -0.05) is 65.7 Å². The Morgan fingerprint density at radius 1 is 0.966 bits per heavy atom. The number of benzene rings is 3. The summed E-state index contributed by atoms with van der Waals surface area (Å²) in [5.41, 5.74) is 5.45. The molecule has 4 heteroatoms. The quantitative estimate of drug-likeness (QED) is 0.433. The van der Waals surface area contributed by atoms with Gasteiger partial charge in [0, 0.05) is 23.2 Å². The maximum absolute atomic E-state index is 10.9. The normalized spacial score (nSPS) is 12.1. The number of halogens is 1. The Balaban J connectivity index is 1.62. The van der Waals surface area contributed by atoms with Crippen molar-refractivity contribution in [3.63, 3.8) is 0 Å². The van der Waals surface area contributed by atoms with Crippen molar-refractivity contribution >= 4 is 22.5 Å². The van der Waals surface area contributed by atoms with E-state index in [9.17, 15) is 5.11 Å². The minimum Gasteiger partial charge on any atom is -0.489 e. The number of ether oxygens (including phenoxy) is 1. The molecule has 3 aromatic carbocycles. The van der Waals surface area contributed by atoms with Gasteiger partial charge in [0.2, 0.25) is 0 Å². The minimum atomic E-state index is -0.825. The number of aliphatic hydroxyl groups excluding tert-OH is 1. The number of hydrogen-bond donors (Lipinski definition) is 1. The molecule has 4 rings (SSSR count). The number of fused-ring (bicyclic) bond motifs is 1. The number of aromatic nitrogens is 1. The molecular formula is C25H22ClNO2. The minimum absolute atomic E-state index is 0.490. The van der Waals surface area contributed by atoms with E-state index in [1.165, 1.54) is 0 Å². The fourth-order valence-electron chi connectivity index (χ4n) is 3.48. The summed E-state index contributed by atoms with van der Waals surface area (Å²) in [6, 6.07) is 21.6. The Morgan fingerprint density at radius 2 is 1.76 bits per heavy atom. The number of nitrogens with zero attached hydrogens (tertiary/aromatic N) is 1. The van der Waals surface area contributed by atoms with Crippen LogP contribution in [0.2, 0.25) is 5.02 Å². The van der Waals surface area contributed by atoms with Gasteiger partial charge in [-0.25, -0.2) is 0 Å². The Labute approximate surface area is 175 Å². The number of aryl methyl sites for hydroxylation is 2. The van der Waals surface area contributed by atoms with Crippen LogP contribution in [-0.2, 0) is 6.61 Å². The molecule has 4 aromatic rings. The summed E-state index contributed by atoms with van der Waals surface area (Å²) in [5.74, 6) is 0.729. The first-order chi connectivity index (χ1) is 14.0. The van der Waals surface area contributed by atoms with Gasteiger partial charge >= 0.3 is 0 Å². The molecule has 29 heavy (non-hydrogen) atoms. The zero-order valence-corrected chi connectivity index (χ0v) is 17.1. The summed E-state index contributed by atoms with van der Waals surface area (Å²) in [7, 11) is 0. The highest BCUT2D eigenvalue weighted by Gasteiger charge is 2.18. The zero-order valence-electron chi connectivity index (χ0n) is 16.4. The van der Waals surface area contributed by atoms with Gasteiger partial charge in [-0.2, -0.15) is 0 Å². The molecule has 146 valence electrons. The third-order valence-corrected chi connectivity index (χ3v) is 5.49. The van der Waals surface area contributed by atoms with Crippen LogP contribution in [0.25, 0.3) is 10.9 Å². The van der Waals surface area contributed by atoms with E-state index in [0.717, 1.165) is 38.9 Å². The molecule has 0 saturated carbocycles. The Morgan fingerprint density at radius 3 is 2.52 bits per heavy atom. The van der Waals surface area contributed by atoms with Crippen molar-refractivity contribution in [2.45, 2.75) is 26.6 Å². The molecule has 1 atom stereocenters. The maximum atomic E-state index is 10.9. The molecule has 0 radical (unpaired) electrons. The number of hydrogen-bond acceptors (Lipinski definition) is 3. The molecule has 1 aromatic heterocycles. The fraction of sp³-hybridized carbons (Fsp3) is 0.160. The van der Waals surface area contributed by atoms with Crippen LogP contribution in [0, 0.1) is 13.8 Å². The molecule has 0 aliphatic rings. The van der Waals surface area contributed by atoms with Gasteiger partial charge in [0.15, 0.2) is 0 Å². The van der Waals surface area contributed by atoms with E-state index >= 15 is 0 Å². The third kappa shape index (κ3) is 4.12. The van der Waals surface area contributed by atoms with Crippen LogP contribution >= 0.6 is 11.6 Å². The molecule has 0 spiro atoms. The molecule has 1 N–H and O–H groups in total. The molecule has 0 amide bonds. The highest BCUT2D eigenvalue weighted by Crippen LogP contribution is 2.35. The van der Waals surface area contributed by atoms with Crippen molar-refractivity contribution < 1.29 is 9.84 Å². The molecule has 0 fully saturated rings. The summed E-state index contributed by atoms with van der Waals surface area (Å²) < 4.78 is 5.88. The zero-order chi connectivity index (χ0) is 20.4. The molecule has 3 nitrogen and oxygen atoms in total. The van der Waals surface area contributed by atoms with Crippen molar-refractivity contribution in [1.29, 1.82) is 0 Å². The largest absolute Gasteiger partial charge is 0.489 e. The van der Waals surface area contributed by atoms with Gasteiger partial charge in [-0.15, -0.1) is 0 Å². The monoisotopic (exact) mass is 403 g/mol. The third-order valence-electron chi connectivity index (χ3n) is 5.06. The summed E-state index contributed by atoms with van der Waals surface area (Å²) in [6.07, 6.45) is 0.823. The highest BCUT2D eigenvalue weighted by atomic mass is 35.5. The first-order valence-corrected chi connectivity index (χ1v) is 9.91. The second-order valence-corrected chi connectivity index (χ2v) is 7.62. The summed E-state index contributed by atoms with van der Waals surface area (Å²) >= 11 is 6.65. The van der Waals surface area contributed by atoms with Crippen LogP contribution in [0.5, 0.6) is 5.75 Å². The van der Waals surface area contributed by atoms with Crippen molar-refractivity contribution in [3.8, 4) is 5.75 Å². The molecule has 0 aliphatic heterocycles. The molecule has 0 aliphatic carbocycles. The van der Waals surface area contributed by atoms with Crippen LogP contribution in [0.3, 0.4) is 0 Å². The average molecular weight is 404 g/mol. The van der Waals surface area contributed by atoms with E-state index in [0.29, 0.717) is 17.2 Å². The van der Waals surface area contributed by atoms with Crippen molar-refractivity contribution in [3.05, 3.63) is 106 Å². The van der Waals surface area contributed by atoms with Crippen LogP contribution in [-0.4, -0.2) is 10.1 Å². The van der Waals surface area contributed by atoms with Crippen molar-refractivity contribution in [2.75, 3.05) is 0 Å². The second-order valence-electron chi connectivity index (χ2n) is 7.24. The maximum Gasteiger partial charge on any atom is 0.122 e. The van der Waals surface area contributed by atoms with E-state index in [4.69, 9.17) is 16.3 Å². The van der Waals surface area contributed by atoms with E-state index in [2.05, 4.69) is 11.1 Å². The van der Waals surface area contributed by atoms with Crippen molar-refractivity contribution in [1.82, 2.24) is 4.98 Å². The Bertz CT molecular complexity index is 1160. The van der Waals surface area contributed by atoms with E-state index in [1.807, 2.05) is 74.5 Å². The van der Waals surface area contributed by atoms with Gasteiger partial charge in [0.25, 0.3) is 0 Å².